The lowest BCUT2D eigenvalue weighted by atomic mass is 10.1. The molecule has 106 valence electrons. The Bertz CT molecular complexity index is 837. The van der Waals surface area contributed by atoms with E-state index in [0.717, 1.165) is 5.69 Å². The fourth-order valence-electron chi connectivity index (χ4n) is 2.02. The average Bonchev–Trinajstić information content (AvgIpc) is 2.44. The van der Waals surface area contributed by atoms with Crippen molar-refractivity contribution >= 4 is 57.1 Å². The third kappa shape index (κ3) is 2.91. The standard InChI is InChI=1S/C15H8Cl3FN2/c16-10-5-4-8(6-11(10)17)20-13-7-14(18)21-15-9(13)2-1-3-12(15)19/h1-7H,(H,20,21). The van der Waals surface area contributed by atoms with E-state index in [-0.39, 0.29) is 10.7 Å². The van der Waals surface area contributed by atoms with Gasteiger partial charge in [0, 0.05) is 11.1 Å². The summed E-state index contributed by atoms with van der Waals surface area (Å²) in [6.45, 7) is 0. The van der Waals surface area contributed by atoms with Crippen molar-refractivity contribution in [3.63, 3.8) is 0 Å². The lowest BCUT2D eigenvalue weighted by Crippen LogP contribution is -1.95. The van der Waals surface area contributed by atoms with Gasteiger partial charge in [-0.2, -0.15) is 0 Å². The normalized spacial score (nSPS) is 10.9. The fraction of sp³-hybridized carbons (Fsp3) is 0. The highest BCUT2D eigenvalue weighted by Gasteiger charge is 2.09. The van der Waals surface area contributed by atoms with Gasteiger partial charge >= 0.3 is 0 Å². The van der Waals surface area contributed by atoms with Crippen LogP contribution in [0, 0.1) is 5.82 Å². The van der Waals surface area contributed by atoms with Crippen LogP contribution in [-0.2, 0) is 0 Å². The molecule has 1 heterocycles. The van der Waals surface area contributed by atoms with Gasteiger partial charge in [-0.1, -0.05) is 46.9 Å². The predicted molar refractivity (Wildman–Crippen MR) is 86.5 cm³/mol. The van der Waals surface area contributed by atoms with Crippen LogP contribution in [0.25, 0.3) is 10.9 Å². The Labute approximate surface area is 135 Å². The van der Waals surface area contributed by atoms with Gasteiger partial charge in [-0.25, -0.2) is 9.37 Å². The Hall–Kier alpha value is -1.55. The zero-order valence-electron chi connectivity index (χ0n) is 10.5. The van der Waals surface area contributed by atoms with Crippen molar-refractivity contribution in [3.05, 3.63) is 63.5 Å². The average molecular weight is 342 g/mol. The topological polar surface area (TPSA) is 24.9 Å². The van der Waals surface area contributed by atoms with Crippen molar-refractivity contribution in [1.29, 1.82) is 0 Å². The molecular weight excluding hydrogens is 334 g/mol. The lowest BCUT2D eigenvalue weighted by Gasteiger charge is -2.11. The highest BCUT2D eigenvalue weighted by molar-refractivity contribution is 6.42. The molecular formula is C15H8Cl3FN2. The van der Waals surface area contributed by atoms with Gasteiger partial charge in [-0.15, -0.1) is 0 Å². The third-order valence-electron chi connectivity index (χ3n) is 2.96. The second-order valence-corrected chi connectivity index (χ2v) is 5.58. The quantitative estimate of drug-likeness (QED) is 0.571. The largest absolute Gasteiger partial charge is 0.355 e. The molecule has 0 saturated heterocycles. The molecule has 6 heteroatoms. The first kappa shape index (κ1) is 14.4. The van der Waals surface area contributed by atoms with Crippen molar-refractivity contribution in [2.75, 3.05) is 5.32 Å². The van der Waals surface area contributed by atoms with Gasteiger partial charge in [-0.05, 0) is 30.3 Å². The van der Waals surface area contributed by atoms with Crippen LogP contribution in [-0.4, -0.2) is 4.98 Å². The van der Waals surface area contributed by atoms with E-state index in [9.17, 15) is 4.39 Å². The number of fused-ring (bicyclic) bond motifs is 1. The molecule has 0 unspecified atom stereocenters. The molecule has 0 aliphatic rings. The minimum Gasteiger partial charge on any atom is -0.355 e. The van der Waals surface area contributed by atoms with Gasteiger partial charge < -0.3 is 5.32 Å². The summed E-state index contributed by atoms with van der Waals surface area (Å²) in [5.74, 6) is -0.424. The van der Waals surface area contributed by atoms with Gasteiger partial charge in [0.2, 0.25) is 0 Å². The number of hydrogen-bond acceptors (Lipinski definition) is 2. The van der Waals surface area contributed by atoms with Crippen LogP contribution in [0.5, 0.6) is 0 Å². The van der Waals surface area contributed by atoms with E-state index in [1.165, 1.54) is 6.07 Å². The van der Waals surface area contributed by atoms with E-state index in [4.69, 9.17) is 34.8 Å². The first-order valence-electron chi connectivity index (χ1n) is 6.01. The minimum atomic E-state index is -0.424. The Morgan fingerprint density at radius 2 is 1.76 bits per heavy atom. The molecule has 0 amide bonds. The van der Waals surface area contributed by atoms with Crippen LogP contribution < -0.4 is 5.32 Å². The maximum absolute atomic E-state index is 13.8. The molecule has 1 N–H and O–H groups in total. The molecule has 0 spiro atoms. The van der Waals surface area contributed by atoms with Crippen molar-refractivity contribution in [1.82, 2.24) is 4.98 Å². The summed E-state index contributed by atoms with van der Waals surface area (Å²) in [4.78, 5) is 4.01. The first-order valence-corrected chi connectivity index (χ1v) is 7.15. The molecule has 0 bridgehead atoms. The molecule has 0 aliphatic heterocycles. The number of halogens is 4. The van der Waals surface area contributed by atoms with Crippen molar-refractivity contribution < 1.29 is 4.39 Å². The predicted octanol–water partition coefficient (Wildman–Crippen LogP) is 6.08. The number of nitrogens with zero attached hydrogens (tertiary/aromatic N) is 1. The highest BCUT2D eigenvalue weighted by atomic mass is 35.5. The van der Waals surface area contributed by atoms with Crippen LogP contribution in [0.3, 0.4) is 0 Å². The molecule has 3 aromatic rings. The molecule has 0 fully saturated rings. The van der Waals surface area contributed by atoms with Crippen LogP contribution in [0.1, 0.15) is 0 Å². The summed E-state index contributed by atoms with van der Waals surface area (Å²) >= 11 is 17.8. The number of nitrogens with one attached hydrogen (secondary N) is 1. The number of rotatable bonds is 2. The molecule has 0 aliphatic carbocycles. The summed E-state index contributed by atoms with van der Waals surface area (Å²) in [5, 5.41) is 4.87. The highest BCUT2D eigenvalue weighted by Crippen LogP contribution is 2.31. The summed E-state index contributed by atoms with van der Waals surface area (Å²) < 4.78 is 13.8. The molecule has 2 aromatic carbocycles. The monoisotopic (exact) mass is 340 g/mol. The number of anilines is 2. The summed E-state index contributed by atoms with van der Waals surface area (Å²) in [7, 11) is 0. The van der Waals surface area contributed by atoms with Gasteiger partial charge in [-0.3, -0.25) is 0 Å². The number of aromatic nitrogens is 1. The van der Waals surface area contributed by atoms with Crippen LogP contribution >= 0.6 is 34.8 Å². The van der Waals surface area contributed by atoms with Gasteiger partial charge in [0.25, 0.3) is 0 Å². The fourth-order valence-corrected chi connectivity index (χ4v) is 2.51. The smallest absolute Gasteiger partial charge is 0.149 e. The molecule has 0 saturated carbocycles. The van der Waals surface area contributed by atoms with Crippen LogP contribution in [0.15, 0.2) is 42.5 Å². The second-order valence-electron chi connectivity index (χ2n) is 4.38. The van der Waals surface area contributed by atoms with Crippen molar-refractivity contribution in [3.8, 4) is 0 Å². The maximum atomic E-state index is 13.8. The number of benzene rings is 2. The van der Waals surface area contributed by atoms with E-state index in [1.54, 1.807) is 36.4 Å². The minimum absolute atomic E-state index is 0.204. The SMILES string of the molecule is Fc1cccc2c(Nc3ccc(Cl)c(Cl)c3)cc(Cl)nc12. The molecule has 21 heavy (non-hydrogen) atoms. The summed E-state index contributed by atoms with van der Waals surface area (Å²) in [5.41, 5.74) is 1.58. The summed E-state index contributed by atoms with van der Waals surface area (Å²) in [6.07, 6.45) is 0. The number of hydrogen-bond donors (Lipinski definition) is 1. The van der Waals surface area contributed by atoms with Gasteiger partial charge in [0.1, 0.15) is 16.5 Å². The zero-order chi connectivity index (χ0) is 15.0. The molecule has 0 atom stereocenters. The maximum Gasteiger partial charge on any atom is 0.149 e. The van der Waals surface area contributed by atoms with E-state index in [0.29, 0.717) is 21.1 Å². The molecule has 2 nitrogen and oxygen atoms in total. The van der Waals surface area contributed by atoms with E-state index in [1.807, 2.05) is 0 Å². The van der Waals surface area contributed by atoms with E-state index < -0.39 is 5.82 Å². The Kier molecular flexibility index (Phi) is 3.89. The summed E-state index contributed by atoms with van der Waals surface area (Å²) in [6, 6.07) is 11.5. The van der Waals surface area contributed by atoms with Gasteiger partial charge in [0.05, 0.1) is 15.7 Å². The molecule has 1 aromatic heterocycles. The third-order valence-corrected chi connectivity index (χ3v) is 3.89. The van der Waals surface area contributed by atoms with Gasteiger partial charge in [0.15, 0.2) is 0 Å². The first-order chi connectivity index (χ1) is 10.0. The van der Waals surface area contributed by atoms with E-state index >= 15 is 0 Å². The van der Waals surface area contributed by atoms with Crippen LogP contribution in [0.2, 0.25) is 15.2 Å². The van der Waals surface area contributed by atoms with Crippen molar-refractivity contribution in [2.45, 2.75) is 0 Å². The molecule has 3 rings (SSSR count). The second kappa shape index (κ2) is 5.68. The Morgan fingerprint density at radius 1 is 0.952 bits per heavy atom. The van der Waals surface area contributed by atoms with Crippen molar-refractivity contribution in [2.24, 2.45) is 0 Å². The Morgan fingerprint density at radius 3 is 2.52 bits per heavy atom. The number of para-hydroxylation sites is 1. The van der Waals surface area contributed by atoms with E-state index in [2.05, 4.69) is 10.3 Å². The lowest BCUT2D eigenvalue weighted by molar-refractivity contribution is 0.637. The molecule has 0 radical (unpaired) electrons. The number of pyridine rings is 1. The Balaban J connectivity index is 2.11. The zero-order valence-corrected chi connectivity index (χ0v) is 12.8. The van der Waals surface area contributed by atoms with Crippen LogP contribution in [0.4, 0.5) is 15.8 Å².